The van der Waals surface area contributed by atoms with Crippen molar-refractivity contribution in [2.45, 2.75) is 31.8 Å². The number of amides is 2. The summed E-state index contributed by atoms with van der Waals surface area (Å²) < 4.78 is 6.64. The molecule has 2 amide bonds. The van der Waals surface area contributed by atoms with Gasteiger partial charge >= 0.3 is 5.76 Å². The van der Waals surface area contributed by atoms with E-state index in [0.29, 0.717) is 39.8 Å². The Labute approximate surface area is 182 Å². The van der Waals surface area contributed by atoms with Crippen LogP contribution in [-0.2, 0) is 16.1 Å². The number of fused-ring (bicyclic) bond motifs is 1. The first kappa shape index (κ1) is 20.5. The summed E-state index contributed by atoms with van der Waals surface area (Å²) in [6.07, 6.45) is 1.39. The van der Waals surface area contributed by atoms with Gasteiger partial charge < -0.3 is 14.6 Å². The molecule has 3 aromatic rings. The van der Waals surface area contributed by atoms with E-state index in [2.05, 4.69) is 5.32 Å². The molecule has 1 unspecified atom stereocenters. The Balaban J connectivity index is 1.43. The number of aryl methyl sites for hydroxylation is 1. The molecule has 2 heterocycles. The number of carbonyl (C=O) groups is 2. The third-order valence-corrected chi connectivity index (χ3v) is 5.57. The summed E-state index contributed by atoms with van der Waals surface area (Å²) in [7, 11) is 0. The van der Waals surface area contributed by atoms with Crippen LogP contribution in [0.4, 0.5) is 5.69 Å². The Morgan fingerprint density at radius 1 is 1.13 bits per heavy atom. The van der Waals surface area contributed by atoms with Crippen molar-refractivity contribution < 1.29 is 14.0 Å². The summed E-state index contributed by atoms with van der Waals surface area (Å²) >= 11 is 12.0. The molecule has 4 rings (SSSR count). The van der Waals surface area contributed by atoms with Crippen LogP contribution in [0.3, 0.4) is 0 Å². The van der Waals surface area contributed by atoms with Crippen molar-refractivity contribution in [1.29, 1.82) is 0 Å². The third-order valence-electron chi connectivity index (χ3n) is 5.13. The van der Waals surface area contributed by atoms with E-state index in [0.717, 1.165) is 6.42 Å². The zero-order valence-corrected chi connectivity index (χ0v) is 17.4. The molecule has 1 aliphatic heterocycles. The van der Waals surface area contributed by atoms with Gasteiger partial charge in [-0.25, -0.2) is 4.79 Å². The van der Waals surface area contributed by atoms with Gasteiger partial charge in [-0.15, -0.1) is 0 Å². The molecular weight excluding hydrogens is 429 g/mol. The third kappa shape index (κ3) is 4.22. The van der Waals surface area contributed by atoms with Gasteiger partial charge in [-0.2, -0.15) is 0 Å². The van der Waals surface area contributed by atoms with Crippen molar-refractivity contribution in [2.24, 2.45) is 0 Å². The van der Waals surface area contributed by atoms with Crippen LogP contribution in [0, 0.1) is 0 Å². The molecule has 1 fully saturated rings. The van der Waals surface area contributed by atoms with Gasteiger partial charge in [0.1, 0.15) is 6.04 Å². The molecule has 1 atom stereocenters. The largest absolute Gasteiger partial charge is 0.419 e. The highest BCUT2D eigenvalue weighted by molar-refractivity contribution is 6.35. The van der Waals surface area contributed by atoms with Gasteiger partial charge in [0.05, 0.1) is 5.52 Å². The van der Waals surface area contributed by atoms with Crippen molar-refractivity contribution in [2.75, 3.05) is 11.9 Å². The van der Waals surface area contributed by atoms with E-state index in [4.69, 9.17) is 27.6 Å². The number of likely N-dealkylation sites (tertiary alicyclic amines) is 1. The topological polar surface area (TPSA) is 84.5 Å². The van der Waals surface area contributed by atoms with E-state index in [9.17, 15) is 14.4 Å². The van der Waals surface area contributed by atoms with E-state index in [1.54, 1.807) is 47.4 Å². The average Bonchev–Trinajstić information content (AvgIpc) is 3.29. The lowest BCUT2D eigenvalue weighted by Gasteiger charge is -2.24. The van der Waals surface area contributed by atoms with E-state index in [1.165, 1.54) is 4.57 Å². The predicted octanol–water partition coefficient (Wildman–Crippen LogP) is 3.92. The lowest BCUT2D eigenvalue weighted by Crippen LogP contribution is -2.43. The van der Waals surface area contributed by atoms with Crippen LogP contribution in [0.25, 0.3) is 11.1 Å². The number of nitrogens with one attached hydrogen (secondary N) is 1. The Morgan fingerprint density at radius 2 is 1.87 bits per heavy atom. The first-order valence-corrected chi connectivity index (χ1v) is 10.3. The smallest absolute Gasteiger partial charge is 0.408 e. The molecule has 0 saturated carbocycles. The highest BCUT2D eigenvalue weighted by atomic mass is 35.5. The summed E-state index contributed by atoms with van der Waals surface area (Å²) in [5, 5.41) is 3.61. The first-order chi connectivity index (χ1) is 14.4. The summed E-state index contributed by atoms with van der Waals surface area (Å²) in [5.74, 6) is -0.975. The maximum Gasteiger partial charge on any atom is 0.419 e. The number of hydrogen-bond donors (Lipinski definition) is 1. The fraction of sp³-hybridized carbons (Fsp3) is 0.286. The van der Waals surface area contributed by atoms with Gasteiger partial charge in [0.25, 0.3) is 0 Å². The molecule has 1 N–H and O–H groups in total. The molecule has 0 spiro atoms. The number of hydrogen-bond acceptors (Lipinski definition) is 4. The molecule has 156 valence electrons. The minimum Gasteiger partial charge on any atom is -0.408 e. The first-order valence-electron chi connectivity index (χ1n) is 9.57. The number of aromatic nitrogens is 1. The molecular formula is C21H19Cl2N3O4. The number of oxazole rings is 1. The fourth-order valence-electron chi connectivity index (χ4n) is 3.77. The molecule has 1 saturated heterocycles. The number of benzene rings is 2. The van der Waals surface area contributed by atoms with E-state index in [1.807, 2.05) is 0 Å². The van der Waals surface area contributed by atoms with E-state index >= 15 is 0 Å². The number of para-hydroxylation sites is 2. The summed E-state index contributed by atoms with van der Waals surface area (Å²) in [5.41, 5.74) is 1.60. The zero-order chi connectivity index (χ0) is 21.3. The summed E-state index contributed by atoms with van der Waals surface area (Å²) in [4.78, 5) is 39.2. The lowest BCUT2D eigenvalue weighted by atomic mass is 10.2. The number of anilines is 1. The summed E-state index contributed by atoms with van der Waals surface area (Å²) in [6.45, 7) is 0.678. The second kappa shape index (κ2) is 8.53. The number of nitrogens with zero attached hydrogens (tertiary/aromatic N) is 2. The van der Waals surface area contributed by atoms with Crippen molar-refractivity contribution in [3.05, 3.63) is 63.1 Å². The van der Waals surface area contributed by atoms with Crippen molar-refractivity contribution >= 4 is 51.8 Å². The SMILES string of the molecule is O=C(Nc1cc(Cl)cc(Cl)c1)C1CCCN1C(=O)CCn1c(=O)oc2ccccc21. The highest BCUT2D eigenvalue weighted by Gasteiger charge is 2.34. The number of rotatable bonds is 5. The van der Waals surface area contributed by atoms with Gasteiger partial charge in [0.2, 0.25) is 11.8 Å². The Morgan fingerprint density at radius 3 is 2.63 bits per heavy atom. The van der Waals surface area contributed by atoms with Crippen LogP contribution in [0.15, 0.2) is 51.7 Å². The van der Waals surface area contributed by atoms with Gasteiger partial charge in [-0.3, -0.25) is 14.2 Å². The fourth-order valence-corrected chi connectivity index (χ4v) is 4.29. The normalized spacial score (nSPS) is 16.2. The van der Waals surface area contributed by atoms with Crippen LogP contribution < -0.4 is 11.1 Å². The molecule has 0 aliphatic carbocycles. The number of halogens is 2. The molecule has 30 heavy (non-hydrogen) atoms. The second-order valence-corrected chi connectivity index (χ2v) is 8.00. The monoisotopic (exact) mass is 447 g/mol. The Hall–Kier alpha value is -2.77. The maximum atomic E-state index is 12.8. The molecule has 1 aliphatic rings. The van der Waals surface area contributed by atoms with Crippen LogP contribution in [-0.4, -0.2) is 33.9 Å². The molecule has 2 aromatic carbocycles. The minimum absolute atomic E-state index is 0.0935. The van der Waals surface area contributed by atoms with Crippen LogP contribution in [0.1, 0.15) is 19.3 Å². The van der Waals surface area contributed by atoms with Crippen LogP contribution in [0.5, 0.6) is 0 Å². The predicted molar refractivity (Wildman–Crippen MR) is 115 cm³/mol. The Kier molecular flexibility index (Phi) is 5.83. The second-order valence-electron chi connectivity index (χ2n) is 7.13. The average molecular weight is 448 g/mol. The Bertz CT molecular complexity index is 1150. The lowest BCUT2D eigenvalue weighted by molar-refractivity contribution is -0.136. The standard InChI is InChI=1S/C21H19Cl2N3O4/c22-13-10-14(23)12-15(11-13)24-20(28)17-5-3-8-25(17)19(27)7-9-26-16-4-1-2-6-18(16)30-21(26)29/h1-2,4,6,10-12,17H,3,5,7-9H2,(H,24,28). The van der Waals surface area contributed by atoms with Crippen molar-refractivity contribution in [1.82, 2.24) is 9.47 Å². The molecule has 1 aromatic heterocycles. The van der Waals surface area contributed by atoms with Gasteiger partial charge in [0.15, 0.2) is 5.58 Å². The minimum atomic E-state index is -0.576. The van der Waals surface area contributed by atoms with E-state index < -0.39 is 11.8 Å². The zero-order valence-electron chi connectivity index (χ0n) is 15.9. The number of carbonyl (C=O) groups excluding carboxylic acids is 2. The molecule has 9 heteroatoms. The highest BCUT2D eigenvalue weighted by Crippen LogP contribution is 2.25. The van der Waals surface area contributed by atoms with E-state index in [-0.39, 0.29) is 24.8 Å². The summed E-state index contributed by atoms with van der Waals surface area (Å²) in [6, 6.07) is 11.3. The molecule has 7 nitrogen and oxygen atoms in total. The molecule has 0 bridgehead atoms. The van der Waals surface area contributed by atoms with Crippen molar-refractivity contribution in [3.63, 3.8) is 0 Å². The van der Waals surface area contributed by atoms with Gasteiger partial charge in [-0.05, 0) is 43.2 Å². The van der Waals surface area contributed by atoms with Crippen LogP contribution >= 0.6 is 23.2 Å². The molecule has 0 radical (unpaired) electrons. The quantitative estimate of drug-likeness (QED) is 0.641. The maximum absolute atomic E-state index is 12.8. The van der Waals surface area contributed by atoms with Gasteiger partial charge in [-0.1, -0.05) is 35.3 Å². The van der Waals surface area contributed by atoms with Crippen LogP contribution in [0.2, 0.25) is 10.0 Å². The van der Waals surface area contributed by atoms with Crippen molar-refractivity contribution in [3.8, 4) is 0 Å². The van der Waals surface area contributed by atoms with Gasteiger partial charge in [0, 0.05) is 35.2 Å².